The normalized spacial score (nSPS) is 29.5. The Morgan fingerprint density at radius 1 is 1.42 bits per heavy atom. The first-order valence-electron chi connectivity index (χ1n) is 7.46. The van der Waals surface area contributed by atoms with E-state index >= 15 is 0 Å². The van der Waals surface area contributed by atoms with Crippen molar-refractivity contribution in [3.63, 3.8) is 0 Å². The van der Waals surface area contributed by atoms with Gasteiger partial charge in [-0.05, 0) is 39.0 Å². The van der Waals surface area contributed by atoms with Crippen LogP contribution in [-0.4, -0.2) is 55.4 Å². The molecule has 1 amide bonds. The molecule has 0 aliphatic carbocycles. The molecular formula is C14H26N2O3. The first kappa shape index (κ1) is 14.8. The Labute approximate surface area is 115 Å². The molecule has 19 heavy (non-hydrogen) atoms. The van der Waals surface area contributed by atoms with E-state index in [-0.39, 0.29) is 18.1 Å². The van der Waals surface area contributed by atoms with Crippen LogP contribution in [0.5, 0.6) is 0 Å². The highest BCUT2D eigenvalue weighted by Gasteiger charge is 2.29. The lowest BCUT2D eigenvalue weighted by Crippen LogP contribution is -2.51. The Bertz CT molecular complexity index is 292. The number of likely N-dealkylation sites (tertiary alicyclic amines) is 1. The lowest BCUT2D eigenvalue weighted by molar-refractivity contribution is -0.148. The SMILES string of the molecule is CC(OCC1CCCO1)C(=O)N1CCCCC1CN. The van der Waals surface area contributed by atoms with Crippen molar-refractivity contribution in [2.75, 3.05) is 26.3 Å². The second-order valence-corrected chi connectivity index (χ2v) is 5.53. The second kappa shape index (κ2) is 7.22. The summed E-state index contributed by atoms with van der Waals surface area (Å²) in [7, 11) is 0. The maximum Gasteiger partial charge on any atom is 0.251 e. The minimum atomic E-state index is -0.392. The fraction of sp³-hybridized carbons (Fsp3) is 0.929. The van der Waals surface area contributed by atoms with Crippen LogP contribution in [0.1, 0.15) is 39.0 Å². The summed E-state index contributed by atoms with van der Waals surface area (Å²) in [5.74, 6) is 0.0770. The van der Waals surface area contributed by atoms with Crippen molar-refractivity contribution in [3.8, 4) is 0 Å². The number of rotatable bonds is 5. The number of nitrogens with two attached hydrogens (primary N) is 1. The Hall–Kier alpha value is -0.650. The molecule has 2 saturated heterocycles. The third-order valence-corrected chi connectivity index (χ3v) is 4.09. The van der Waals surface area contributed by atoms with E-state index < -0.39 is 6.10 Å². The highest BCUT2D eigenvalue weighted by molar-refractivity contribution is 5.81. The molecule has 0 bridgehead atoms. The first-order valence-corrected chi connectivity index (χ1v) is 7.46. The van der Waals surface area contributed by atoms with Gasteiger partial charge in [0.2, 0.25) is 0 Å². The van der Waals surface area contributed by atoms with Crippen LogP contribution in [0.25, 0.3) is 0 Å². The van der Waals surface area contributed by atoms with E-state index in [9.17, 15) is 4.79 Å². The zero-order valence-corrected chi connectivity index (χ0v) is 11.8. The highest BCUT2D eigenvalue weighted by atomic mass is 16.5. The molecule has 0 saturated carbocycles. The summed E-state index contributed by atoms with van der Waals surface area (Å²) in [5.41, 5.74) is 5.75. The monoisotopic (exact) mass is 270 g/mol. The van der Waals surface area contributed by atoms with Gasteiger partial charge in [0.05, 0.1) is 12.7 Å². The molecule has 2 rings (SSSR count). The minimum Gasteiger partial charge on any atom is -0.376 e. The molecule has 2 aliphatic rings. The number of hydrogen-bond donors (Lipinski definition) is 1. The standard InChI is InChI=1S/C14H26N2O3/c1-11(19-10-13-6-4-8-18-13)14(17)16-7-3-2-5-12(16)9-15/h11-13H,2-10,15H2,1H3. The summed E-state index contributed by atoms with van der Waals surface area (Å²) >= 11 is 0. The van der Waals surface area contributed by atoms with Crippen LogP contribution in [0.2, 0.25) is 0 Å². The Kier molecular flexibility index (Phi) is 5.60. The quantitative estimate of drug-likeness (QED) is 0.806. The smallest absolute Gasteiger partial charge is 0.251 e. The Balaban J connectivity index is 1.79. The molecule has 2 fully saturated rings. The maximum atomic E-state index is 12.4. The number of piperidine rings is 1. The maximum absolute atomic E-state index is 12.4. The molecule has 3 atom stereocenters. The molecule has 0 spiro atoms. The molecule has 2 heterocycles. The number of ether oxygens (including phenoxy) is 2. The van der Waals surface area contributed by atoms with Gasteiger partial charge in [0.1, 0.15) is 6.10 Å². The van der Waals surface area contributed by atoms with Gasteiger partial charge < -0.3 is 20.1 Å². The summed E-state index contributed by atoms with van der Waals surface area (Å²) in [6, 6.07) is 0.190. The number of hydrogen-bond acceptors (Lipinski definition) is 4. The fourth-order valence-electron chi connectivity index (χ4n) is 2.87. The topological polar surface area (TPSA) is 64.8 Å². The van der Waals surface area contributed by atoms with Crippen molar-refractivity contribution in [1.29, 1.82) is 0 Å². The van der Waals surface area contributed by atoms with Gasteiger partial charge in [-0.3, -0.25) is 4.79 Å². The van der Waals surface area contributed by atoms with E-state index in [4.69, 9.17) is 15.2 Å². The van der Waals surface area contributed by atoms with E-state index in [1.54, 1.807) is 0 Å². The zero-order chi connectivity index (χ0) is 13.7. The zero-order valence-electron chi connectivity index (χ0n) is 11.8. The number of nitrogens with zero attached hydrogens (tertiary/aromatic N) is 1. The van der Waals surface area contributed by atoms with Crippen molar-refractivity contribution in [1.82, 2.24) is 4.90 Å². The molecule has 5 nitrogen and oxygen atoms in total. The fourth-order valence-corrected chi connectivity index (χ4v) is 2.87. The summed E-state index contributed by atoms with van der Waals surface area (Å²) in [6.07, 6.45) is 5.16. The summed E-state index contributed by atoms with van der Waals surface area (Å²) in [5, 5.41) is 0. The molecule has 2 N–H and O–H groups in total. The van der Waals surface area contributed by atoms with E-state index in [1.165, 1.54) is 0 Å². The van der Waals surface area contributed by atoms with Crippen molar-refractivity contribution < 1.29 is 14.3 Å². The number of carbonyl (C=O) groups excluding carboxylic acids is 1. The van der Waals surface area contributed by atoms with Gasteiger partial charge in [-0.15, -0.1) is 0 Å². The van der Waals surface area contributed by atoms with Crippen molar-refractivity contribution in [3.05, 3.63) is 0 Å². The van der Waals surface area contributed by atoms with Gasteiger partial charge in [0, 0.05) is 25.7 Å². The van der Waals surface area contributed by atoms with Gasteiger partial charge >= 0.3 is 0 Å². The summed E-state index contributed by atoms with van der Waals surface area (Å²) < 4.78 is 11.2. The average molecular weight is 270 g/mol. The molecule has 0 aromatic heterocycles. The van der Waals surface area contributed by atoms with Gasteiger partial charge in [-0.2, -0.15) is 0 Å². The lowest BCUT2D eigenvalue weighted by Gasteiger charge is -2.36. The van der Waals surface area contributed by atoms with E-state index in [2.05, 4.69) is 0 Å². The molecule has 5 heteroatoms. The molecule has 2 aliphatic heterocycles. The van der Waals surface area contributed by atoms with E-state index in [0.29, 0.717) is 13.2 Å². The van der Waals surface area contributed by atoms with Crippen LogP contribution in [-0.2, 0) is 14.3 Å². The first-order chi connectivity index (χ1) is 9.22. The third-order valence-electron chi connectivity index (χ3n) is 4.09. The van der Waals surface area contributed by atoms with Gasteiger partial charge in [0.15, 0.2) is 0 Å². The Morgan fingerprint density at radius 2 is 2.26 bits per heavy atom. The average Bonchev–Trinajstić information content (AvgIpc) is 2.97. The van der Waals surface area contributed by atoms with Gasteiger partial charge in [-0.1, -0.05) is 0 Å². The van der Waals surface area contributed by atoms with E-state index in [1.807, 2.05) is 11.8 Å². The molecule has 0 radical (unpaired) electrons. The minimum absolute atomic E-state index is 0.0770. The molecule has 0 aromatic carbocycles. The van der Waals surface area contributed by atoms with Crippen LogP contribution >= 0.6 is 0 Å². The van der Waals surface area contributed by atoms with Gasteiger partial charge in [-0.25, -0.2) is 0 Å². The van der Waals surface area contributed by atoms with Crippen molar-refractivity contribution in [2.24, 2.45) is 5.73 Å². The number of carbonyl (C=O) groups is 1. The van der Waals surface area contributed by atoms with Crippen LogP contribution in [0, 0.1) is 0 Å². The van der Waals surface area contributed by atoms with E-state index in [0.717, 1.165) is 45.3 Å². The third kappa shape index (κ3) is 3.91. The summed E-state index contributed by atoms with van der Waals surface area (Å²) in [4.78, 5) is 14.3. The molecule has 0 aromatic rings. The molecule has 3 unspecified atom stereocenters. The largest absolute Gasteiger partial charge is 0.376 e. The molecule has 110 valence electrons. The second-order valence-electron chi connectivity index (χ2n) is 5.53. The lowest BCUT2D eigenvalue weighted by atomic mass is 10.0. The Morgan fingerprint density at radius 3 is 2.95 bits per heavy atom. The van der Waals surface area contributed by atoms with Crippen LogP contribution in [0.4, 0.5) is 0 Å². The van der Waals surface area contributed by atoms with Crippen LogP contribution in [0.15, 0.2) is 0 Å². The predicted octanol–water partition coefficient (Wildman–Crippen LogP) is 0.910. The molecular weight excluding hydrogens is 244 g/mol. The summed E-state index contributed by atoms with van der Waals surface area (Å²) in [6.45, 7) is 4.53. The number of amides is 1. The van der Waals surface area contributed by atoms with Gasteiger partial charge in [0.25, 0.3) is 5.91 Å². The van der Waals surface area contributed by atoms with Crippen molar-refractivity contribution in [2.45, 2.75) is 57.3 Å². The predicted molar refractivity (Wildman–Crippen MR) is 72.8 cm³/mol. The van der Waals surface area contributed by atoms with Crippen LogP contribution < -0.4 is 5.73 Å². The highest BCUT2D eigenvalue weighted by Crippen LogP contribution is 2.18. The van der Waals surface area contributed by atoms with Crippen LogP contribution in [0.3, 0.4) is 0 Å². The van der Waals surface area contributed by atoms with Crippen molar-refractivity contribution >= 4 is 5.91 Å².